The number of amidine groups is 1. The van der Waals surface area contributed by atoms with Crippen molar-refractivity contribution in [3.05, 3.63) is 39.9 Å². The lowest BCUT2D eigenvalue weighted by Crippen LogP contribution is -2.20. The molecule has 2 aromatic rings. The summed E-state index contributed by atoms with van der Waals surface area (Å²) in [5, 5.41) is 4.25. The summed E-state index contributed by atoms with van der Waals surface area (Å²) in [6.07, 6.45) is 0.956. The van der Waals surface area contributed by atoms with Gasteiger partial charge in [-0.05, 0) is 30.0 Å². The van der Waals surface area contributed by atoms with Crippen LogP contribution in [0.4, 0.5) is 4.39 Å². The SMILES string of the molecule is CCC1=C(c2cc(F)cc3sccc23)N2CCN=C2S1. The van der Waals surface area contributed by atoms with Gasteiger partial charge in [-0.25, -0.2) is 4.39 Å². The van der Waals surface area contributed by atoms with E-state index >= 15 is 0 Å². The molecule has 1 aromatic carbocycles. The maximum absolute atomic E-state index is 13.9. The Hall–Kier alpha value is -1.33. The molecule has 0 atom stereocenters. The Morgan fingerprint density at radius 2 is 2.30 bits per heavy atom. The molecule has 4 rings (SSSR count). The zero-order chi connectivity index (χ0) is 13.7. The number of thioether (sulfide) groups is 1. The lowest BCUT2D eigenvalue weighted by Gasteiger charge is -2.18. The highest BCUT2D eigenvalue weighted by Gasteiger charge is 2.33. The van der Waals surface area contributed by atoms with E-state index in [1.54, 1.807) is 35.2 Å². The second kappa shape index (κ2) is 4.60. The molecule has 0 unspecified atom stereocenters. The number of halogens is 1. The van der Waals surface area contributed by atoms with Crippen LogP contribution in [0.25, 0.3) is 15.8 Å². The quantitative estimate of drug-likeness (QED) is 0.809. The maximum Gasteiger partial charge on any atom is 0.168 e. The van der Waals surface area contributed by atoms with Crippen LogP contribution in [0.2, 0.25) is 0 Å². The number of hydrogen-bond acceptors (Lipinski definition) is 4. The lowest BCUT2D eigenvalue weighted by atomic mass is 10.1. The van der Waals surface area contributed by atoms with Gasteiger partial charge in [0.15, 0.2) is 5.17 Å². The molecule has 0 bridgehead atoms. The van der Waals surface area contributed by atoms with Crippen molar-refractivity contribution in [2.45, 2.75) is 13.3 Å². The summed E-state index contributed by atoms with van der Waals surface area (Å²) < 4.78 is 14.9. The van der Waals surface area contributed by atoms with Crippen molar-refractivity contribution >= 4 is 44.0 Å². The van der Waals surface area contributed by atoms with Gasteiger partial charge in [-0.1, -0.05) is 18.7 Å². The second-order valence-electron chi connectivity index (χ2n) is 4.83. The van der Waals surface area contributed by atoms with E-state index in [2.05, 4.69) is 22.9 Å². The minimum atomic E-state index is -0.160. The average Bonchev–Trinajstić information content (AvgIpc) is 3.11. The molecule has 1 aromatic heterocycles. The zero-order valence-electron chi connectivity index (χ0n) is 11.0. The first-order valence-corrected chi connectivity index (χ1v) is 8.37. The van der Waals surface area contributed by atoms with Gasteiger partial charge in [0.1, 0.15) is 5.82 Å². The summed E-state index contributed by atoms with van der Waals surface area (Å²) in [7, 11) is 0. The summed E-state index contributed by atoms with van der Waals surface area (Å²) in [6.45, 7) is 3.89. The summed E-state index contributed by atoms with van der Waals surface area (Å²) in [4.78, 5) is 8.07. The van der Waals surface area contributed by atoms with Crippen LogP contribution in [-0.4, -0.2) is 23.2 Å². The van der Waals surface area contributed by atoms with E-state index in [1.807, 2.05) is 5.38 Å². The molecule has 5 heteroatoms. The normalized spacial score (nSPS) is 18.1. The first-order valence-electron chi connectivity index (χ1n) is 6.68. The molecule has 2 aliphatic heterocycles. The van der Waals surface area contributed by atoms with Crippen LogP contribution in [0.15, 0.2) is 33.5 Å². The molecule has 0 amide bonds. The van der Waals surface area contributed by atoms with Gasteiger partial charge in [0.2, 0.25) is 0 Å². The Bertz CT molecular complexity index is 760. The Kier molecular flexibility index (Phi) is 2.86. The van der Waals surface area contributed by atoms with Crippen LogP contribution in [0.3, 0.4) is 0 Å². The van der Waals surface area contributed by atoms with Crippen LogP contribution in [0.1, 0.15) is 18.9 Å². The molecule has 0 radical (unpaired) electrons. The van der Waals surface area contributed by atoms with Crippen LogP contribution in [-0.2, 0) is 0 Å². The van der Waals surface area contributed by atoms with Gasteiger partial charge < -0.3 is 4.90 Å². The Morgan fingerprint density at radius 1 is 1.40 bits per heavy atom. The van der Waals surface area contributed by atoms with E-state index in [0.29, 0.717) is 0 Å². The van der Waals surface area contributed by atoms with Crippen LogP contribution in [0, 0.1) is 5.82 Å². The summed E-state index contributed by atoms with van der Waals surface area (Å²) in [5.41, 5.74) is 2.18. The molecule has 2 aliphatic rings. The molecule has 0 saturated heterocycles. The highest BCUT2D eigenvalue weighted by molar-refractivity contribution is 8.17. The third kappa shape index (κ3) is 1.73. The van der Waals surface area contributed by atoms with Crippen LogP contribution >= 0.6 is 23.1 Å². The summed E-state index contributed by atoms with van der Waals surface area (Å²) >= 11 is 3.33. The number of fused-ring (bicyclic) bond motifs is 2. The van der Waals surface area contributed by atoms with Gasteiger partial charge in [0.25, 0.3) is 0 Å². The van der Waals surface area contributed by atoms with E-state index in [1.165, 1.54) is 4.91 Å². The lowest BCUT2D eigenvalue weighted by molar-refractivity contribution is 0.624. The molecule has 0 spiro atoms. The van der Waals surface area contributed by atoms with E-state index < -0.39 is 0 Å². The minimum Gasteiger partial charge on any atom is -0.318 e. The van der Waals surface area contributed by atoms with Crippen molar-refractivity contribution in [1.82, 2.24) is 4.90 Å². The van der Waals surface area contributed by atoms with Gasteiger partial charge in [-0.2, -0.15) is 0 Å². The van der Waals surface area contributed by atoms with Gasteiger partial charge in [0, 0.05) is 27.1 Å². The number of hydrogen-bond donors (Lipinski definition) is 0. The van der Waals surface area contributed by atoms with Gasteiger partial charge in [-0.15, -0.1) is 11.3 Å². The first kappa shape index (κ1) is 12.4. The monoisotopic (exact) mass is 304 g/mol. The minimum absolute atomic E-state index is 0.160. The zero-order valence-corrected chi connectivity index (χ0v) is 12.7. The predicted octanol–water partition coefficient (Wildman–Crippen LogP) is 4.54. The highest BCUT2D eigenvalue weighted by Crippen LogP contribution is 2.45. The Labute approximate surface area is 125 Å². The number of benzene rings is 1. The molecular weight excluding hydrogens is 291 g/mol. The fourth-order valence-corrected chi connectivity index (χ4v) is 4.77. The predicted molar refractivity (Wildman–Crippen MR) is 85.6 cm³/mol. The van der Waals surface area contributed by atoms with E-state index in [0.717, 1.165) is 46.0 Å². The largest absolute Gasteiger partial charge is 0.318 e. The van der Waals surface area contributed by atoms with E-state index in [-0.39, 0.29) is 5.82 Å². The molecule has 20 heavy (non-hydrogen) atoms. The third-order valence-electron chi connectivity index (χ3n) is 3.66. The van der Waals surface area contributed by atoms with Crippen molar-refractivity contribution < 1.29 is 4.39 Å². The molecule has 0 saturated carbocycles. The molecule has 0 aliphatic carbocycles. The smallest absolute Gasteiger partial charge is 0.168 e. The number of nitrogens with zero attached hydrogens (tertiary/aromatic N) is 2. The van der Waals surface area contributed by atoms with Crippen molar-refractivity contribution in [2.24, 2.45) is 4.99 Å². The Morgan fingerprint density at radius 3 is 3.15 bits per heavy atom. The Balaban J connectivity index is 1.97. The number of rotatable bonds is 2. The van der Waals surface area contributed by atoms with E-state index in [9.17, 15) is 4.39 Å². The molecule has 0 fully saturated rings. The fraction of sp³-hybridized carbons (Fsp3) is 0.267. The number of allylic oxidation sites excluding steroid dienone is 1. The van der Waals surface area contributed by atoms with Gasteiger partial charge in [-0.3, -0.25) is 4.99 Å². The molecular formula is C15H13FN2S2. The molecule has 2 nitrogen and oxygen atoms in total. The average molecular weight is 304 g/mol. The van der Waals surface area contributed by atoms with Crippen molar-refractivity contribution in [1.29, 1.82) is 0 Å². The molecule has 102 valence electrons. The summed E-state index contributed by atoms with van der Waals surface area (Å²) in [5.74, 6) is -0.160. The van der Waals surface area contributed by atoms with Crippen molar-refractivity contribution in [3.63, 3.8) is 0 Å². The maximum atomic E-state index is 13.9. The van der Waals surface area contributed by atoms with Crippen LogP contribution < -0.4 is 0 Å². The third-order valence-corrected chi connectivity index (χ3v) is 5.79. The number of aliphatic imine (C=N–C) groups is 1. The molecule has 0 N–H and O–H groups in total. The standard InChI is InChI=1S/C15H13FN2S2/c1-2-12-14(18-5-4-17-15(18)20-12)11-7-9(16)8-13-10(11)3-6-19-13/h3,6-8H,2,4-5H2,1H3. The van der Waals surface area contributed by atoms with Crippen LogP contribution in [0.5, 0.6) is 0 Å². The highest BCUT2D eigenvalue weighted by atomic mass is 32.2. The number of thiophene rings is 1. The van der Waals surface area contributed by atoms with Crippen molar-refractivity contribution in [2.75, 3.05) is 13.1 Å². The fourth-order valence-electron chi connectivity index (χ4n) is 2.80. The van der Waals surface area contributed by atoms with E-state index in [4.69, 9.17) is 0 Å². The topological polar surface area (TPSA) is 15.6 Å². The second-order valence-corrected chi connectivity index (χ2v) is 6.84. The van der Waals surface area contributed by atoms with Gasteiger partial charge in [0.05, 0.1) is 12.2 Å². The van der Waals surface area contributed by atoms with Crippen molar-refractivity contribution in [3.8, 4) is 0 Å². The van der Waals surface area contributed by atoms with Gasteiger partial charge >= 0.3 is 0 Å². The molecule has 3 heterocycles. The summed E-state index contributed by atoms with van der Waals surface area (Å²) in [6, 6.07) is 5.38. The first-order chi connectivity index (χ1) is 9.78.